The minimum atomic E-state index is -0.356. The summed E-state index contributed by atoms with van der Waals surface area (Å²) < 4.78 is 0. The second-order valence-electron chi connectivity index (χ2n) is 5.24. The zero-order chi connectivity index (χ0) is 13.7. The van der Waals surface area contributed by atoms with Gasteiger partial charge in [0, 0.05) is 24.7 Å². The molecule has 0 saturated carbocycles. The monoisotopic (exact) mass is 261 g/mol. The van der Waals surface area contributed by atoms with Gasteiger partial charge in [-0.25, -0.2) is 0 Å². The average Bonchev–Trinajstić information content (AvgIpc) is 2.93. The van der Waals surface area contributed by atoms with Crippen LogP contribution in [0, 0.1) is 0 Å². The third kappa shape index (κ3) is 3.78. The minimum absolute atomic E-state index is 0.356. The van der Waals surface area contributed by atoms with Crippen LogP contribution in [0.4, 0.5) is 0 Å². The lowest BCUT2D eigenvalue weighted by atomic mass is 10.1. The van der Waals surface area contributed by atoms with E-state index in [0.29, 0.717) is 18.2 Å². The van der Waals surface area contributed by atoms with Crippen LogP contribution in [0.25, 0.3) is 0 Å². The largest absolute Gasteiger partial charge is 0.366 e. The average molecular weight is 261 g/mol. The second-order valence-corrected chi connectivity index (χ2v) is 5.24. The number of likely N-dealkylation sites (tertiary alicyclic amines) is 1. The number of primary amides is 1. The van der Waals surface area contributed by atoms with E-state index in [1.54, 1.807) is 6.07 Å². The van der Waals surface area contributed by atoms with Crippen LogP contribution < -0.4 is 11.1 Å². The SMILES string of the molecule is CC(CNCc1ccccc1C(N)=O)N1CCCC1. The number of benzene rings is 1. The van der Waals surface area contributed by atoms with Gasteiger partial charge in [-0.2, -0.15) is 0 Å². The second kappa shape index (κ2) is 6.68. The Hall–Kier alpha value is -1.39. The molecule has 0 bridgehead atoms. The summed E-state index contributed by atoms with van der Waals surface area (Å²) in [6, 6.07) is 8.06. The Morgan fingerprint density at radius 3 is 2.74 bits per heavy atom. The number of amides is 1. The smallest absolute Gasteiger partial charge is 0.249 e. The van der Waals surface area contributed by atoms with Gasteiger partial charge < -0.3 is 11.1 Å². The zero-order valence-electron chi connectivity index (χ0n) is 11.6. The first-order chi connectivity index (χ1) is 9.18. The molecule has 4 heteroatoms. The molecule has 0 radical (unpaired) electrons. The molecule has 1 aromatic rings. The maximum Gasteiger partial charge on any atom is 0.249 e. The Morgan fingerprint density at radius 1 is 1.37 bits per heavy atom. The van der Waals surface area contributed by atoms with E-state index in [2.05, 4.69) is 17.1 Å². The summed E-state index contributed by atoms with van der Waals surface area (Å²) in [5, 5.41) is 3.42. The van der Waals surface area contributed by atoms with Crippen LogP contribution in [-0.2, 0) is 6.54 Å². The third-order valence-corrected chi connectivity index (χ3v) is 3.80. The van der Waals surface area contributed by atoms with Crippen LogP contribution in [0.1, 0.15) is 35.7 Å². The van der Waals surface area contributed by atoms with Crippen molar-refractivity contribution >= 4 is 5.91 Å². The molecule has 0 aromatic heterocycles. The van der Waals surface area contributed by atoms with Crippen LogP contribution in [0.2, 0.25) is 0 Å². The van der Waals surface area contributed by atoms with Crippen LogP contribution in [0.3, 0.4) is 0 Å². The maximum absolute atomic E-state index is 11.3. The molecule has 1 aromatic carbocycles. The lowest BCUT2D eigenvalue weighted by Gasteiger charge is -2.24. The summed E-state index contributed by atoms with van der Waals surface area (Å²) in [4.78, 5) is 13.8. The molecule has 2 rings (SSSR count). The number of hydrogen-bond donors (Lipinski definition) is 2. The lowest BCUT2D eigenvalue weighted by Crippen LogP contribution is -2.38. The van der Waals surface area contributed by atoms with E-state index in [4.69, 9.17) is 5.73 Å². The van der Waals surface area contributed by atoms with Gasteiger partial charge in [0.15, 0.2) is 0 Å². The van der Waals surface area contributed by atoms with Crippen molar-refractivity contribution in [1.29, 1.82) is 0 Å². The molecule has 104 valence electrons. The summed E-state index contributed by atoms with van der Waals surface area (Å²) in [6.07, 6.45) is 2.63. The van der Waals surface area contributed by atoms with Gasteiger partial charge in [-0.3, -0.25) is 9.69 Å². The van der Waals surface area contributed by atoms with E-state index in [9.17, 15) is 4.79 Å². The van der Waals surface area contributed by atoms with Gasteiger partial charge >= 0.3 is 0 Å². The maximum atomic E-state index is 11.3. The van der Waals surface area contributed by atoms with Crippen LogP contribution in [0.15, 0.2) is 24.3 Å². The van der Waals surface area contributed by atoms with Crippen molar-refractivity contribution in [3.63, 3.8) is 0 Å². The highest BCUT2D eigenvalue weighted by molar-refractivity contribution is 5.94. The van der Waals surface area contributed by atoms with Crippen LogP contribution >= 0.6 is 0 Å². The number of hydrogen-bond acceptors (Lipinski definition) is 3. The molecule has 1 heterocycles. The Labute approximate surface area is 115 Å². The highest BCUT2D eigenvalue weighted by Gasteiger charge is 2.17. The van der Waals surface area contributed by atoms with E-state index in [1.165, 1.54) is 25.9 Å². The van der Waals surface area contributed by atoms with Crippen molar-refractivity contribution in [1.82, 2.24) is 10.2 Å². The molecule has 1 saturated heterocycles. The first-order valence-electron chi connectivity index (χ1n) is 7.01. The summed E-state index contributed by atoms with van der Waals surface area (Å²) in [7, 11) is 0. The van der Waals surface area contributed by atoms with Gasteiger partial charge in [-0.1, -0.05) is 18.2 Å². The number of nitrogens with one attached hydrogen (secondary N) is 1. The van der Waals surface area contributed by atoms with Crippen LogP contribution in [-0.4, -0.2) is 36.5 Å². The van der Waals surface area contributed by atoms with E-state index in [1.807, 2.05) is 18.2 Å². The van der Waals surface area contributed by atoms with Crippen molar-refractivity contribution < 1.29 is 4.79 Å². The zero-order valence-corrected chi connectivity index (χ0v) is 11.6. The molecule has 0 spiro atoms. The van der Waals surface area contributed by atoms with Crippen molar-refractivity contribution in [2.45, 2.75) is 32.4 Å². The van der Waals surface area contributed by atoms with E-state index >= 15 is 0 Å². The number of carbonyl (C=O) groups is 1. The number of nitrogens with two attached hydrogens (primary N) is 1. The first-order valence-corrected chi connectivity index (χ1v) is 7.01. The van der Waals surface area contributed by atoms with Gasteiger partial charge in [0.2, 0.25) is 5.91 Å². The van der Waals surface area contributed by atoms with E-state index in [-0.39, 0.29) is 5.91 Å². The fourth-order valence-electron chi connectivity index (χ4n) is 2.64. The van der Waals surface area contributed by atoms with E-state index in [0.717, 1.165) is 12.1 Å². The van der Waals surface area contributed by atoms with Crippen molar-refractivity contribution in [2.24, 2.45) is 5.73 Å². The molecular formula is C15H23N3O. The molecule has 1 atom stereocenters. The molecule has 1 fully saturated rings. The fraction of sp³-hybridized carbons (Fsp3) is 0.533. The summed E-state index contributed by atoms with van der Waals surface area (Å²) in [5.74, 6) is -0.356. The Morgan fingerprint density at radius 2 is 2.05 bits per heavy atom. The number of carbonyl (C=O) groups excluding carboxylic acids is 1. The van der Waals surface area contributed by atoms with Gasteiger partial charge in [-0.05, 0) is 44.5 Å². The standard InChI is InChI=1S/C15H23N3O/c1-12(18-8-4-5-9-18)10-17-11-13-6-2-3-7-14(13)15(16)19/h2-3,6-7,12,17H,4-5,8-11H2,1H3,(H2,16,19). The van der Waals surface area contributed by atoms with Gasteiger partial charge in [0.1, 0.15) is 0 Å². The quantitative estimate of drug-likeness (QED) is 0.813. The lowest BCUT2D eigenvalue weighted by molar-refractivity contribution is 0.0999. The first kappa shape index (κ1) is 14.0. The molecule has 4 nitrogen and oxygen atoms in total. The van der Waals surface area contributed by atoms with Crippen molar-refractivity contribution in [3.05, 3.63) is 35.4 Å². The molecule has 0 aliphatic carbocycles. The van der Waals surface area contributed by atoms with Gasteiger partial charge in [0.05, 0.1) is 0 Å². The topological polar surface area (TPSA) is 58.4 Å². The Bertz CT molecular complexity index is 427. The highest BCUT2D eigenvalue weighted by Crippen LogP contribution is 2.11. The molecule has 3 N–H and O–H groups in total. The van der Waals surface area contributed by atoms with E-state index < -0.39 is 0 Å². The number of rotatable bonds is 6. The molecule has 1 aliphatic rings. The van der Waals surface area contributed by atoms with Gasteiger partial charge in [0.25, 0.3) is 0 Å². The highest BCUT2D eigenvalue weighted by atomic mass is 16.1. The fourth-order valence-corrected chi connectivity index (χ4v) is 2.64. The predicted octanol–water partition coefficient (Wildman–Crippen LogP) is 1.36. The van der Waals surface area contributed by atoms with Crippen LogP contribution in [0.5, 0.6) is 0 Å². The Balaban J connectivity index is 1.83. The van der Waals surface area contributed by atoms with Crippen molar-refractivity contribution in [2.75, 3.05) is 19.6 Å². The number of nitrogens with zero attached hydrogens (tertiary/aromatic N) is 1. The predicted molar refractivity (Wildman–Crippen MR) is 76.9 cm³/mol. The van der Waals surface area contributed by atoms with Crippen molar-refractivity contribution in [3.8, 4) is 0 Å². The third-order valence-electron chi connectivity index (χ3n) is 3.80. The molecule has 1 amide bonds. The molecule has 19 heavy (non-hydrogen) atoms. The Kier molecular flexibility index (Phi) is 4.93. The summed E-state index contributed by atoms with van der Waals surface area (Å²) in [6.45, 7) is 6.30. The molecule has 1 aliphatic heterocycles. The summed E-state index contributed by atoms with van der Waals surface area (Å²) in [5.41, 5.74) is 6.96. The molecule has 1 unspecified atom stereocenters. The van der Waals surface area contributed by atoms with Gasteiger partial charge in [-0.15, -0.1) is 0 Å². The minimum Gasteiger partial charge on any atom is -0.366 e. The normalized spacial score (nSPS) is 17.5. The summed E-state index contributed by atoms with van der Waals surface area (Å²) >= 11 is 0. The molecular weight excluding hydrogens is 238 g/mol.